The lowest BCUT2D eigenvalue weighted by atomic mass is 10.4. The molecule has 0 aliphatic carbocycles. The van der Waals surface area contributed by atoms with Crippen LogP contribution in [-0.4, -0.2) is 13.2 Å². The molecule has 0 atom stereocenters. The number of hydrogen-bond acceptors (Lipinski definition) is 2. The lowest BCUT2D eigenvalue weighted by Crippen LogP contribution is -1.90. The molecule has 0 saturated heterocycles. The van der Waals surface area contributed by atoms with Crippen molar-refractivity contribution < 1.29 is 4.74 Å². The van der Waals surface area contributed by atoms with Crippen LogP contribution in [0.1, 0.15) is 26.7 Å². The molecule has 0 aliphatic heterocycles. The summed E-state index contributed by atoms with van der Waals surface area (Å²) in [5.41, 5.74) is 0. The molecule has 8 heavy (non-hydrogen) atoms. The van der Waals surface area contributed by atoms with Crippen molar-refractivity contribution in [1.82, 2.24) is 6.15 Å². The van der Waals surface area contributed by atoms with Crippen LogP contribution < -0.4 is 6.15 Å². The Morgan fingerprint density at radius 2 is 1.88 bits per heavy atom. The summed E-state index contributed by atoms with van der Waals surface area (Å²) in [6.07, 6.45) is 2.44. The minimum absolute atomic E-state index is 0. The van der Waals surface area contributed by atoms with Gasteiger partial charge in [0.25, 0.3) is 0 Å². The van der Waals surface area contributed by atoms with Crippen LogP contribution in [-0.2, 0) is 4.74 Å². The molecule has 0 amide bonds. The molecule has 2 heteroatoms. The van der Waals surface area contributed by atoms with Crippen molar-refractivity contribution in [2.45, 2.75) is 26.7 Å². The molecule has 0 spiro atoms. The largest absolute Gasteiger partial charge is 0.382 e. The van der Waals surface area contributed by atoms with Gasteiger partial charge in [-0.25, -0.2) is 0 Å². The molecule has 0 aromatic rings. The van der Waals surface area contributed by atoms with Gasteiger partial charge in [0.1, 0.15) is 0 Å². The van der Waals surface area contributed by atoms with Crippen molar-refractivity contribution in [3.05, 3.63) is 0 Å². The molecule has 0 fully saturated rings. The smallest absolute Gasteiger partial charge is 0.0465 e. The highest BCUT2D eigenvalue weighted by Crippen LogP contribution is 1.85. The third-order valence-corrected chi connectivity index (χ3v) is 0.846. The molecular formula is C6H17NO. The second-order valence-electron chi connectivity index (χ2n) is 1.55. The molecule has 0 rings (SSSR count). The lowest BCUT2D eigenvalue weighted by molar-refractivity contribution is 0.144. The Morgan fingerprint density at radius 3 is 2.25 bits per heavy atom. The van der Waals surface area contributed by atoms with Crippen molar-refractivity contribution in [2.75, 3.05) is 13.2 Å². The topological polar surface area (TPSA) is 44.2 Å². The molecule has 0 radical (unpaired) electrons. The van der Waals surface area contributed by atoms with E-state index in [4.69, 9.17) is 4.74 Å². The number of ether oxygens (including phenoxy) is 1. The van der Waals surface area contributed by atoms with Crippen LogP contribution >= 0.6 is 0 Å². The maximum absolute atomic E-state index is 5.07. The quantitative estimate of drug-likeness (QED) is 0.575. The van der Waals surface area contributed by atoms with Crippen molar-refractivity contribution in [2.24, 2.45) is 0 Å². The molecular weight excluding hydrogens is 102 g/mol. The maximum atomic E-state index is 5.07. The summed E-state index contributed by atoms with van der Waals surface area (Å²) in [7, 11) is 0. The SMILES string of the molecule is CCCCOCC.N. The third kappa shape index (κ3) is 9.33. The molecule has 3 N–H and O–H groups in total. The van der Waals surface area contributed by atoms with Crippen molar-refractivity contribution in [3.8, 4) is 0 Å². The molecule has 0 heterocycles. The first kappa shape index (κ1) is 10.8. The van der Waals surface area contributed by atoms with Crippen molar-refractivity contribution in [1.29, 1.82) is 0 Å². The molecule has 52 valence electrons. The van der Waals surface area contributed by atoms with Gasteiger partial charge in [-0.05, 0) is 13.3 Å². The van der Waals surface area contributed by atoms with Crippen LogP contribution in [0.25, 0.3) is 0 Å². The van der Waals surface area contributed by atoms with Crippen LogP contribution in [0.5, 0.6) is 0 Å². The fraction of sp³-hybridized carbons (Fsp3) is 1.00. The summed E-state index contributed by atoms with van der Waals surface area (Å²) in [6, 6.07) is 0. The summed E-state index contributed by atoms with van der Waals surface area (Å²) in [5, 5.41) is 0. The Labute approximate surface area is 51.8 Å². The van der Waals surface area contributed by atoms with Gasteiger partial charge in [0.15, 0.2) is 0 Å². The first-order chi connectivity index (χ1) is 3.41. The van der Waals surface area contributed by atoms with E-state index in [0.29, 0.717) is 0 Å². The number of unbranched alkanes of at least 4 members (excludes halogenated alkanes) is 1. The number of hydrogen-bond donors (Lipinski definition) is 1. The van der Waals surface area contributed by atoms with Gasteiger partial charge in [0.05, 0.1) is 0 Å². The van der Waals surface area contributed by atoms with Crippen LogP contribution in [0.3, 0.4) is 0 Å². The standard InChI is InChI=1S/C6H14O.H3N/c1-3-5-6-7-4-2;/h3-6H2,1-2H3;1H3. The molecule has 0 unspecified atom stereocenters. The van der Waals surface area contributed by atoms with Gasteiger partial charge >= 0.3 is 0 Å². The predicted molar refractivity (Wildman–Crippen MR) is 36.4 cm³/mol. The van der Waals surface area contributed by atoms with Gasteiger partial charge in [0.2, 0.25) is 0 Å². The van der Waals surface area contributed by atoms with Gasteiger partial charge in [-0.1, -0.05) is 13.3 Å². The average Bonchev–Trinajstić information content (AvgIpc) is 1.69. The lowest BCUT2D eigenvalue weighted by Gasteiger charge is -1.94. The zero-order valence-corrected chi connectivity index (χ0v) is 5.94. The fourth-order valence-electron chi connectivity index (χ4n) is 0.391. The zero-order valence-electron chi connectivity index (χ0n) is 5.94. The monoisotopic (exact) mass is 119 g/mol. The molecule has 0 saturated carbocycles. The Bertz CT molecular complexity index is 27.7. The second kappa shape index (κ2) is 10.0. The highest BCUT2D eigenvalue weighted by atomic mass is 16.5. The molecule has 0 bridgehead atoms. The summed E-state index contributed by atoms with van der Waals surface area (Å²) < 4.78 is 5.07. The van der Waals surface area contributed by atoms with Gasteiger partial charge in [-0.2, -0.15) is 0 Å². The van der Waals surface area contributed by atoms with E-state index in [9.17, 15) is 0 Å². The molecule has 0 aliphatic rings. The van der Waals surface area contributed by atoms with Crippen LogP contribution in [0.15, 0.2) is 0 Å². The Hall–Kier alpha value is -0.0800. The summed E-state index contributed by atoms with van der Waals surface area (Å²) >= 11 is 0. The van der Waals surface area contributed by atoms with E-state index in [-0.39, 0.29) is 6.15 Å². The van der Waals surface area contributed by atoms with E-state index < -0.39 is 0 Å². The normalized spacial score (nSPS) is 8.25. The molecule has 0 aromatic heterocycles. The summed E-state index contributed by atoms with van der Waals surface area (Å²) in [5.74, 6) is 0. The van der Waals surface area contributed by atoms with Crippen LogP contribution in [0.2, 0.25) is 0 Å². The first-order valence-electron chi connectivity index (χ1n) is 2.99. The van der Waals surface area contributed by atoms with Gasteiger partial charge in [-0.15, -0.1) is 0 Å². The number of rotatable bonds is 4. The summed E-state index contributed by atoms with van der Waals surface area (Å²) in [6.45, 7) is 5.99. The first-order valence-corrected chi connectivity index (χ1v) is 2.99. The van der Waals surface area contributed by atoms with E-state index in [1.807, 2.05) is 6.92 Å². The zero-order chi connectivity index (χ0) is 5.54. The summed E-state index contributed by atoms with van der Waals surface area (Å²) in [4.78, 5) is 0. The fourth-order valence-corrected chi connectivity index (χ4v) is 0.391. The van der Waals surface area contributed by atoms with E-state index in [2.05, 4.69) is 6.92 Å². The van der Waals surface area contributed by atoms with Gasteiger partial charge in [-0.3, -0.25) is 0 Å². The highest BCUT2D eigenvalue weighted by Gasteiger charge is 1.78. The Morgan fingerprint density at radius 1 is 1.25 bits per heavy atom. The van der Waals surface area contributed by atoms with E-state index >= 15 is 0 Å². The van der Waals surface area contributed by atoms with E-state index in [1.54, 1.807) is 0 Å². The van der Waals surface area contributed by atoms with Crippen molar-refractivity contribution in [3.63, 3.8) is 0 Å². The average molecular weight is 119 g/mol. The predicted octanol–water partition coefficient (Wildman–Crippen LogP) is 1.98. The second-order valence-corrected chi connectivity index (χ2v) is 1.55. The molecule has 2 nitrogen and oxygen atoms in total. The Kier molecular flexibility index (Phi) is 13.6. The maximum Gasteiger partial charge on any atom is 0.0465 e. The minimum Gasteiger partial charge on any atom is -0.382 e. The van der Waals surface area contributed by atoms with Gasteiger partial charge in [0, 0.05) is 13.2 Å². The van der Waals surface area contributed by atoms with E-state index in [0.717, 1.165) is 13.2 Å². The van der Waals surface area contributed by atoms with Crippen LogP contribution in [0, 0.1) is 0 Å². The van der Waals surface area contributed by atoms with E-state index in [1.165, 1.54) is 12.8 Å². The highest BCUT2D eigenvalue weighted by molar-refractivity contribution is 4.28. The Balaban J connectivity index is 0. The minimum atomic E-state index is 0. The van der Waals surface area contributed by atoms with Gasteiger partial charge < -0.3 is 10.9 Å². The molecule has 0 aromatic carbocycles. The third-order valence-electron chi connectivity index (χ3n) is 0.846. The van der Waals surface area contributed by atoms with Crippen molar-refractivity contribution >= 4 is 0 Å². The van der Waals surface area contributed by atoms with Crippen LogP contribution in [0.4, 0.5) is 0 Å².